The topological polar surface area (TPSA) is 66.0 Å². The van der Waals surface area contributed by atoms with Crippen molar-refractivity contribution in [3.05, 3.63) is 11.4 Å². The SMILES string of the molecule is NCCc1nnn(CC2CCCO2)c1C1CCCC1. The van der Waals surface area contributed by atoms with Crippen LogP contribution in [0.25, 0.3) is 0 Å². The molecule has 1 saturated carbocycles. The van der Waals surface area contributed by atoms with Gasteiger partial charge in [-0.15, -0.1) is 5.10 Å². The second-order valence-corrected chi connectivity index (χ2v) is 5.76. The molecular formula is C14H24N4O. The fraction of sp³-hybridized carbons (Fsp3) is 0.857. The van der Waals surface area contributed by atoms with E-state index in [2.05, 4.69) is 15.0 Å². The van der Waals surface area contributed by atoms with Crippen LogP contribution in [-0.4, -0.2) is 34.2 Å². The molecule has 0 aromatic carbocycles. The maximum Gasteiger partial charge on any atom is 0.0874 e. The van der Waals surface area contributed by atoms with Gasteiger partial charge in [0.2, 0.25) is 0 Å². The first-order valence-corrected chi connectivity index (χ1v) is 7.62. The summed E-state index contributed by atoms with van der Waals surface area (Å²) in [5.74, 6) is 0.637. The highest BCUT2D eigenvalue weighted by Crippen LogP contribution is 2.35. The predicted octanol–water partition coefficient (Wildman–Crippen LogP) is 1.62. The number of rotatable bonds is 5. The summed E-state index contributed by atoms with van der Waals surface area (Å²) in [4.78, 5) is 0. The van der Waals surface area contributed by atoms with Gasteiger partial charge in [0.1, 0.15) is 0 Å². The van der Waals surface area contributed by atoms with E-state index in [0.29, 0.717) is 18.6 Å². The van der Waals surface area contributed by atoms with Crippen LogP contribution in [0.1, 0.15) is 55.8 Å². The zero-order chi connectivity index (χ0) is 13.1. The standard InChI is InChI=1S/C14H24N4O/c15-8-7-13-14(11-4-1-2-5-11)18(17-16-13)10-12-6-3-9-19-12/h11-12H,1-10,15H2. The van der Waals surface area contributed by atoms with Crippen LogP contribution in [-0.2, 0) is 17.7 Å². The van der Waals surface area contributed by atoms with Gasteiger partial charge in [0.25, 0.3) is 0 Å². The van der Waals surface area contributed by atoms with Crippen molar-refractivity contribution in [3.8, 4) is 0 Å². The number of nitrogens with zero attached hydrogens (tertiary/aromatic N) is 3. The maximum atomic E-state index is 5.73. The molecule has 2 fully saturated rings. The normalized spacial score (nSPS) is 24.4. The number of ether oxygens (including phenoxy) is 1. The van der Waals surface area contributed by atoms with Gasteiger partial charge >= 0.3 is 0 Å². The molecule has 1 aliphatic carbocycles. The van der Waals surface area contributed by atoms with Crippen molar-refractivity contribution in [2.75, 3.05) is 13.2 Å². The van der Waals surface area contributed by atoms with Crippen LogP contribution in [0.4, 0.5) is 0 Å². The predicted molar refractivity (Wildman–Crippen MR) is 73.0 cm³/mol. The zero-order valence-corrected chi connectivity index (χ0v) is 11.6. The van der Waals surface area contributed by atoms with Crippen LogP contribution in [0.3, 0.4) is 0 Å². The minimum absolute atomic E-state index is 0.326. The lowest BCUT2D eigenvalue weighted by Gasteiger charge is -2.16. The Balaban J connectivity index is 1.80. The minimum atomic E-state index is 0.326. The van der Waals surface area contributed by atoms with Gasteiger partial charge in [-0.05, 0) is 32.2 Å². The molecule has 2 aliphatic rings. The van der Waals surface area contributed by atoms with Crippen molar-refractivity contribution >= 4 is 0 Å². The number of hydrogen-bond acceptors (Lipinski definition) is 4. The van der Waals surface area contributed by atoms with Gasteiger partial charge in [-0.25, -0.2) is 4.68 Å². The summed E-state index contributed by atoms with van der Waals surface area (Å²) in [5, 5.41) is 8.74. The van der Waals surface area contributed by atoms with Gasteiger partial charge in [0.15, 0.2) is 0 Å². The largest absolute Gasteiger partial charge is 0.376 e. The average molecular weight is 264 g/mol. The van der Waals surface area contributed by atoms with E-state index in [9.17, 15) is 0 Å². The molecule has 1 unspecified atom stereocenters. The Kier molecular flexibility index (Phi) is 4.13. The van der Waals surface area contributed by atoms with E-state index in [1.807, 2.05) is 0 Å². The van der Waals surface area contributed by atoms with E-state index >= 15 is 0 Å². The first kappa shape index (κ1) is 13.1. The van der Waals surface area contributed by atoms with Crippen LogP contribution < -0.4 is 5.73 Å². The minimum Gasteiger partial charge on any atom is -0.376 e. The Morgan fingerprint density at radius 3 is 2.74 bits per heavy atom. The first-order chi connectivity index (χ1) is 9.38. The number of aromatic nitrogens is 3. The lowest BCUT2D eigenvalue weighted by atomic mass is 10.0. The van der Waals surface area contributed by atoms with Gasteiger partial charge in [-0.2, -0.15) is 0 Å². The van der Waals surface area contributed by atoms with Crippen LogP contribution in [0.5, 0.6) is 0 Å². The van der Waals surface area contributed by atoms with Gasteiger partial charge < -0.3 is 10.5 Å². The molecule has 3 rings (SSSR count). The van der Waals surface area contributed by atoms with Crippen molar-refractivity contribution in [3.63, 3.8) is 0 Å². The second kappa shape index (κ2) is 6.01. The Hall–Kier alpha value is -0.940. The smallest absolute Gasteiger partial charge is 0.0874 e. The Labute approximate surface area is 114 Å². The third-order valence-corrected chi connectivity index (χ3v) is 4.37. The fourth-order valence-corrected chi connectivity index (χ4v) is 3.43. The summed E-state index contributed by atoms with van der Waals surface area (Å²) in [7, 11) is 0. The summed E-state index contributed by atoms with van der Waals surface area (Å²) in [5.41, 5.74) is 8.16. The van der Waals surface area contributed by atoms with E-state index in [1.165, 1.54) is 37.8 Å². The molecule has 0 amide bonds. The zero-order valence-electron chi connectivity index (χ0n) is 11.6. The van der Waals surface area contributed by atoms with E-state index in [1.54, 1.807) is 0 Å². The van der Waals surface area contributed by atoms with Crippen LogP contribution in [0.15, 0.2) is 0 Å². The van der Waals surface area contributed by atoms with Gasteiger partial charge in [0, 0.05) is 18.9 Å². The summed E-state index contributed by atoms with van der Waals surface area (Å²) < 4.78 is 7.84. The molecule has 0 bridgehead atoms. The number of hydrogen-bond donors (Lipinski definition) is 1. The van der Waals surface area contributed by atoms with E-state index in [-0.39, 0.29) is 0 Å². The molecule has 0 radical (unpaired) electrons. The van der Waals surface area contributed by atoms with E-state index in [4.69, 9.17) is 10.5 Å². The number of nitrogens with two attached hydrogens (primary N) is 1. The maximum absolute atomic E-state index is 5.73. The fourth-order valence-electron chi connectivity index (χ4n) is 3.43. The van der Waals surface area contributed by atoms with Crippen molar-refractivity contribution in [2.45, 2.75) is 63.5 Å². The molecule has 106 valence electrons. The monoisotopic (exact) mass is 264 g/mol. The summed E-state index contributed by atoms with van der Waals surface area (Å²) in [6.07, 6.45) is 8.71. The van der Waals surface area contributed by atoms with Gasteiger partial charge in [-0.3, -0.25) is 0 Å². The molecule has 1 aromatic rings. The van der Waals surface area contributed by atoms with E-state index in [0.717, 1.165) is 31.7 Å². The second-order valence-electron chi connectivity index (χ2n) is 5.76. The van der Waals surface area contributed by atoms with Gasteiger partial charge in [0.05, 0.1) is 24.0 Å². The molecule has 1 aromatic heterocycles. The lowest BCUT2D eigenvalue weighted by molar-refractivity contribution is 0.0924. The van der Waals surface area contributed by atoms with Crippen molar-refractivity contribution in [1.82, 2.24) is 15.0 Å². The quantitative estimate of drug-likeness (QED) is 0.877. The van der Waals surface area contributed by atoms with Crippen molar-refractivity contribution < 1.29 is 4.74 Å². The van der Waals surface area contributed by atoms with Crippen LogP contribution in [0, 0.1) is 0 Å². The molecule has 5 heteroatoms. The highest BCUT2D eigenvalue weighted by Gasteiger charge is 2.27. The molecule has 1 atom stereocenters. The van der Waals surface area contributed by atoms with Gasteiger partial charge in [-0.1, -0.05) is 18.1 Å². The summed E-state index contributed by atoms with van der Waals surface area (Å²) in [6, 6.07) is 0. The van der Waals surface area contributed by atoms with E-state index < -0.39 is 0 Å². The Bertz CT molecular complexity index is 406. The third kappa shape index (κ3) is 2.82. The summed E-state index contributed by atoms with van der Waals surface area (Å²) >= 11 is 0. The Morgan fingerprint density at radius 2 is 2.05 bits per heavy atom. The van der Waals surface area contributed by atoms with Crippen molar-refractivity contribution in [1.29, 1.82) is 0 Å². The molecule has 0 spiro atoms. The molecule has 19 heavy (non-hydrogen) atoms. The molecule has 1 saturated heterocycles. The Morgan fingerprint density at radius 1 is 1.21 bits per heavy atom. The van der Waals surface area contributed by atoms with Crippen LogP contribution in [0.2, 0.25) is 0 Å². The van der Waals surface area contributed by atoms with Crippen LogP contribution >= 0.6 is 0 Å². The molecule has 1 aliphatic heterocycles. The highest BCUT2D eigenvalue weighted by molar-refractivity contribution is 5.17. The molecule has 2 N–H and O–H groups in total. The molecular weight excluding hydrogens is 240 g/mol. The molecule has 5 nitrogen and oxygen atoms in total. The third-order valence-electron chi connectivity index (χ3n) is 4.37. The first-order valence-electron chi connectivity index (χ1n) is 7.62. The highest BCUT2D eigenvalue weighted by atomic mass is 16.5. The lowest BCUT2D eigenvalue weighted by Crippen LogP contribution is -2.19. The molecule has 2 heterocycles. The average Bonchev–Trinajstić information content (AvgIpc) is 3.11. The van der Waals surface area contributed by atoms with Crippen molar-refractivity contribution in [2.24, 2.45) is 5.73 Å². The summed E-state index contributed by atoms with van der Waals surface area (Å²) in [6.45, 7) is 2.41.